The van der Waals surface area contributed by atoms with Crippen LogP contribution in [0.1, 0.15) is 22.3 Å². The van der Waals surface area contributed by atoms with Gasteiger partial charge in [-0.2, -0.15) is 0 Å². The molecule has 2 heteroatoms. The third-order valence-electron chi connectivity index (χ3n) is 12.1. The minimum Gasteiger partial charge on any atom is -0.310 e. The van der Waals surface area contributed by atoms with E-state index >= 15 is 0 Å². The Morgan fingerprint density at radius 3 is 1.56 bits per heavy atom. The number of thiophene rings is 1. The Bertz CT molecular complexity index is 3100. The Labute approximate surface area is 324 Å². The predicted molar refractivity (Wildman–Crippen MR) is 233 cm³/mol. The SMILES string of the molecule is c1ccc2c(c1)-c1ccccc1C21c2ccccc2-c2ccc(N(c3ccc(-c4cccc5ccccc45)cc3)c3ccc4sc5ccccc5c4c3)cc21. The summed E-state index contributed by atoms with van der Waals surface area (Å²) in [4.78, 5) is 2.46. The number of hydrogen-bond donors (Lipinski definition) is 0. The lowest BCUT2D eigenvalue weighted by Gasteiger charge is -2.32. The summed E-state index contributed by atoms with van der Waals surface area (Å²) in [5, 5.41) is 5.12. The Morgan fingerprint density at radius 1 is 0.327 bits per heavy atom. The molecule has 0 fully saturated rings. The molecule has 0 saturated heterocycles. The minimum atomic E-state index is -0.410. The quantitative estimate of drug-likeness (QED) is 0.175. The maximum Gasteiger partial charge on any atom is 0.0726 e. The molecule has 0 N–H and O–H groups in total. The summed E-state index contributed by atoms with van der Waals surface area (Å²) in [6.07, 6.45) is 0. The highest BCUT2D eigenvalue weighted by atomic mass is 32.1. The Balaban J connectivity index is 1.10. The summed E-state index contributed by atoms with van der Waals surface area (Å²) < 4.78 is 2.62. The number of hydrogen-bond acceptors (Lipinski definition) is 2. The van der Waals surface area contributed by atoms with Crippen LogP contribution in [0.2, 0.25) is 0 Å². The van der Waals surface area contributed by atoms with Crippen LogP contribution in [0.15, 0.2) is 200 Å². The number of benzene rings is 9. The first-order valence-corrected chi connectivity index (χ1v) is 19.8. The fraction of sp³-hybridized carbons (Fsp3) is 0.0189. The molecular weight excluding hydrogens is 683 g/mol. The summed E-state index contributed by atoms with van der Waals surface area (Å²) in [6.45, 7) is 0. The van der Waals surface area contributed by atoms with Gasteiger partial charge in [-0.15, -0.1) is 11.3 Å². The van der Waals surface area contributed by atoms with Crippen molar-refractivity contribution in [1.82, 2.24) is 0 Å². The molecule has 256 valence electrons. The van der Waals surface area contributed by atoms with E-state index in [0.717, 1.165) is 17.1 Å². The van der Waals surface area contributed by atoms with Gasteiger partial charge in [-0.25, -0.2) is 0 Å². The van der Waals surface area contributed by atoms with E-state index in [1.54, 1.807) is 0 Å². The summed E-state index contributed by atoms with van der Waals surface area (Å²) in [6, 6.07) is 74.6. The second kappa shape index (κ2) is 11.6. The fourth-order valence-electron chi connectivity index (χ4n) is 9.79. The molecule has 0 aliphatic heterocycles. The molecule has 2 aliphatic rings. The molecule has 0 unspecified atom stereocenters. The van der Waals surface area contributed by atoms with E-state index < -0.39 is 5.41 Å². The first kappa shape index (κ1) is 30.7. The van der Waals surface area contributed by atoms with Gasteiger partial charge in [-0.3, -0.25) is 0 Å². The maximum absolute atomic E-state index is 2.49. The van der Waals surface area contributed by atoms with Crippen LogP contribution in [0.4, 0.5) is 17.1 Å². The zero-order valence-corrected chi connectivity index (χ0v) is 30.7. The molecule has 9 aromatic carbocycles. The van der Waals surface area contributed by atoms with E-state index in [2.05, 4.69) is 205 Å². The average Bonchev–Trinajstić information content (AvgIpc) is 3.88. The van der Waals surface area contributed by atoms with Crippen molar-refractivity contribution in [2.45, 2.75) is 5.41 Å². The molecule has 1 heterocycles. The molecule has 0 atom stereocenters. The van der Waals surface area contributed by atoms with Crippen molar-refractivity contribution in [3.63, 3.8) is 0 Å². The van der Waals surface area contributed by atoms with Crippen molar-refractivity contribution in [3.05, 3.63) is 222 Å². The van der Waals surface area contributed by atoms with Gasteiger partial charge in [0.15, 0.2) is 0 Å². The van der Waals surface area contributed by atoms with Crippen molar-refractivity contribution < 1.29 is 0 Å². The highest BCUT2D eigenvalue weighted by Crippen LogP contribution is 2.63. The highest BCUT2D eigenvalue weighted by Gasteiger charge is 2.51. The smallest absolute Gasteiger partial charge is 0.0726 e. The first-order valence-electron chi connectivity index (χ1n) is 19.0. The highest BCUT2D eigenvalue weighted by molar-refractivity contribution is 7.25. The summed E-state index contributed by atoms with van der Waals surface area (Å²) in [7, 11) is 0. The van der Waals surface area contributed by atoms with Gasteiger partial charge >= 0.3 is 0 Å². The molecule has 0 bridgehead atoms. The van der Waals surface area contributed by atoms with Crippen LogP contribution >= 0.6 is 11.3 Å². The number of anilines is 3. The second-order valence-corrected chi connectivity index (χ2v) is 15.9. The average molecular weight is 716 g/mol. The summed E-state index contributed by atoms with van der Waals surface area (Å²) >= 11 is 1.86. The molecule has 10 aromatic rings. The third-order valence-corrected chi connectivity index (χ3v) is 13.2. The van der Waals surface area contributed by atoms with Crippen LogP contribution in [0.25, 0.3) is 64.3 Å². The molecule has 1 aromatic heterocycles. The molecule has 0 saturated carbocycles. The third kappa shape index (κ3) is 4.29. The van der Waals surface area contributed by atoms with E-state index in [4.69, 9.17) is 0 Å². The molecule has 0 amide bonds. The van der Waals surface area contributed by atoms with Gasteiger partial charge in [-0.1, -0.05) is 152 Å². The summed E-state index contributed by atoms with van der Waals surface area (Å²) in [5.41, 5.74) is 16.1. The minimum absolute atomic E-state index is 0.410. The zero-order valence-electron chi connectivity index (χ0n) is 29.9. The Morgan fingerprint density at radius 2 is 0.836 bits per heavy atom. The van der Waals surface area contributed by atoms with Gasteiger partial charge in [0.05, 0.1) is 5.41 Å². The molecule has 1 nitrogen and oxygen atoms in total. The monoisotopic (exact) mass is 715 g/mol. The molecule has 55 heavy (non-hydrogen) atoms. The Hall–Kier alpha value is -6.74. The van der Waals surface area contributed by atoms with Crippen LogP contribution in [-0.4, -0.2) is 0 Å². The van der Waals surface area contributed by atoms with E-state index in [0.29, 0.717) is 0 Å². The van der Waals surface area contributed by atoms with Crippen molar-refractivity contribution in [2.24, 2.45) is 0 Å². The predicted octanol–water partition coefficient (Wildman–Crippen LogP) is 14.7. The Kier molecular flexibility index (Phi) is 6.49. The van der Waals surface area contributed by atoms with E-state index in [9.17, 15) is 0 Å². The zero-order chi connectivity index (χ0) is 36.1. The molecule has 2 aliphatic carbocycles. The van der Waals surface area contributed by atoms with Gasteiger partial charge in [-0.05, 0) is 115 Å². The van der Waals surface area contributed by atoms with Crippen molar-refractivity contribution >= 4 is 59.3 Å². The number of rotatable bonds is 4. The van der Waals surface area contributed by atoms with E-state index in [1.807, 2.05) is 11.3 Å². The lowest BCUT2D eigenvalue weighted by molar-refractivity contribution is 0.793. The van der Waals surface area contributed by atoms with Crippen LogP contribution in [-0.2, 0) is 5.41 Å². The molecule has 12 rings (SSSR count). The van der Waals surface area contributed by atoms with Crippen molar-refractivity contribution in [2.75, 3.05) is 4.90 Å². The summed E-state index contributed by atoms with van der Waals surface area (Å²) in [5.74, 6) is 0. The van der Waals surface area contributed by atoms with Gasteiger partial charge < -0.3 is 4.90 Å². The van der Waals surface area contributed by atoms with Gasteiger partial charge in [0, 0.05) is 37.2 Å². The van der Waals surface area contributed by atoms with E-state index in [1.165, 1.54) is 86.6 Å². The fourth-order valence-corrected chi connectivity index (χ4v) is 10.9. The number of fused-ring (bicyclic) bond motifs is 14. The van der Waals surface area contributed by atoms with E-state index in [-0.39, 0.29) is 0 Å². The standard InChI is InChI=1S/C53H33NS/c1-2-14-39-34(12-1)13-11-19-40(39)35-24-26-36(27-25-35)54(37-29-31-52-46(32-37)45-18-6-10-23-51(45)55-52)38-28-30-44-43-17-5-9-22-49(43)53(50(44)33-38)47-20-7-3-15-41(47)42-16-4-8-21-48(42)53/h1-33H. The normalized spacial score (nSPS) is 13.2. The molecular formula is C53H33NS. The lowest BCUT2D eigenvalue weighted by atomic mass is 9.70. The van der Waals surface area contributed by atoms with Crippen molar-refractivity contribution in [1.29, 1.82) is 0 Å². The molecule has 1 spiro atoms. The van der Waals surface area contributed by atoms with Gasteiger partial charge in [0.1, 0.15) is 0 Å². The number of nitrogens with zero attached hydrogens (tertiary/aromatic N) is 1. The first-order chi connectivity index (χ1) is 27.3. The van der Waals surface area contributed by atoms with Gasteiger partial charge in [0.2, 0.25) is 0 Å². The van der Waals surface area contributed by atoms with Crippen LogP contribution < -0.4 is 4.90 Å². The van der Waals surface area contributed by atoms with Gasteiger partial charge in [0.25, 0.3) is 0 Å². The lowest BCUT2D eigenvalue weighted by Crippen LogP contribution is -2.26. The second-order valence-electron chi connectivity index (χ2n) is 14.8. The topological polar surface area (TPSA) is 3.24 Å². The van der Waals surface area contributed by atoms with Crippen LogP contribution in [0, 0.1) is 0 Å². The van der Waals surface area contributed by atoms with Crippen LogP contribution in [0.3, 0.4) is 0 Å². The van der Waals surface area contributed by atoms with Crippen molar-refractivity contribution in [3.8, 4) is 33.4 Å². The van der Waals surface area contributed by atoms with Crippen LogP contribution in [0.5, 0.6) is 0 Å². The maximum atomic E-state index is 2.49. The largest absolute Gasteiger partial charge is 0.310 e. The molecule has 0 radical (unpaired) electrons.